The number of fused-ring (bicyclic) bond motifs is 1. The standard InChI is InChI=1S/C16H21N3O4/c1-21-14-10-13-12(16(20)18-11-17-13)9-15(14)23-6-2-3-19-4-7-22-8-5-19/h9-11H,2-8H2,1H3,(H,17,18,20). The maximum absolute atomic E-state index is 11.9. The summed E-state index contributed by atoms with van der Waals surface area (Å²) in [5.41, 5.74) is 0.405. The van der Waals surface area contributed by atoms with Crippen molar-refractivity contribution in [3.63, 3.8) is 0 Å². The van der Waals surface area contributed by atoms with Gasteiger partial charge in [0.25, 0.3) is 5.56 Å². The summed E-state index contributed by atoms with van der Waals surface area (Å²) in [6.07, 6.45) is 2.29. The summed E-state index contributed by atoms with van der Waals surface area (Å²) >= 11 is 0. The minimum absolute atomic E-state index is 0.184. The van der Waals surface area contributed by atoms with E-state index < -0.39 is 0 Å². The molecule has 0 bridgehead atoms. The Bertz CT molecular complexity index is 710. The van der Waals surface area contributed by atoms with Gasteiger partial charge in [-0.05, 0) is 12.5 Å². The summed E-state index contributed by atoms with van der Waals surface area (Å²) in [7, 11) is 1.58. The molecule has 0 amide bonds. The monoisotopic (exact) mass is 319 g/mol. The van der Waals surface area contributed by atoms with E-state index in [2.05, 4.69) is 14.9 Å². The Morgan fingerprint density at radius 3 is 2.91 bits per heavy atom. The van der Waals surface area contributed by atoms with Crippen LogP contribution in [0.4, 0.5) is 0 Å². The van der Waals surface area contributed by atoms with Crippen LogP contribution >= 0.6 is 0 Å². The van der Waals surface area contributed by atoms with Crippen molar-refractivity contribution in [1.82, 2.24) is 14.9 Å². The van der Waals surface area contributed by atoms with Crippen molar-refractivity contribution in [2.24, 2.45) is 0 Å². The minimum Gasteiger partial charge on any atom is -0.493 e. The lowest BCUT2D eigenvalue weighted by Crippen LogP contribution is -2.37. The number of hydrogen-bond acceptors (Lipinski definition) is 6. The highest BCUT2D eigenvalue weighted by Gasteiger charge is 2.12. The lowest BCUT2D eigenvalue weighted by atomic mass is 10.2. The van der Waals surface area contributed by atoms with Crippen molar-refractivity contribution < 1.29 is 14.2 Å². The van der Waals surface area contributed by atoms with Crippen LogP contribution in [0.1, 0.15) is 6.42 Å². The zero-order valence-electron chi connectivity index (χ0n) is 13.2. The van der Waals surface area contributed by atoms with Gasteiger partial charge >= 0.3 is 0 Å². The van der Waals surface area contributed by atoms with Gasteiger partial charge in [0.05, 0.1) is 44.2 Å². The first-order valence-corrected chi connectivity index (χ1v) is 7.76. The van der Waals surface area contributed by atoms with Gasteiger partial charge in [-0.1, -0.05) is 0 Å². The summed E-state index contributed by atoms with van der Waals surface area (Å²) in [5, 5.41) is 0.497. The van der Waals surface area contributed by atoms with Crippen molar-refractivity contribution >= 4 is 10.9 Å². The number of rotatable bonds is 6. The van der Waals surface area contributed by atoms with Crippen LogP contribution in [0, 0.1) is 0 Å². The molecule has 0 aliphatic carbocycles. The molecule has 0 saturated carbocycles. The Balaban J connectivity index is 1.64. The third-order valence-electron chi connectivity index (χ3n) is 3.91. The van der Waals surface area contributed by atoms with Crippen molar-refractivity contribution in [3.05, 3.63) is 28.8 Å². The van der Waals surface area contributed by atoms with Crippen molar-refractivity contribution in [1.29, 1.82) is 0 Å². The maximum atomic E-state index is 11.9. The van der Waals surface area contributed by atoms with Crippen LogP contribution in [0.3, 0.4) is 0 Å². The maximum Gasteiger partial charge on any atom is 0.258 e. The van der Waals surface area contributed by atoms with Crippen molar-refractivity contribution in [2.75, 3.05) is 46.6 Å². The average molecular weight is 319 g/mol. The number of nitrogens with one attached hydrogen (secondary N) is 1. The summed E-state index contributed by atoms with van der Waals surface area (Å²) in [6.45, 7) is 5.09. The molecule has 0 unspecified atom stereocenters. The first-order valence-electron chi connectivity index (χ1n) is 7.76. The Morgan fingerprint density at radius 1 is 1.30 bits per heavy atom. The lowest BCUT2D eigenvalue weighted by molar-refractivity contribution is 0.0357. The number of ether oxygens (including phenoxy) is 3. The molecule has 1 fully saturated rings. The first-order chi connectivity index (χ1) is 11.3. The Kier molecular flexibility index (Phi) is 5.09. The molecule has 7 heteroatoms. The molecule has 7 nitrogen and oxygen atoms in total. The Labute approximate surface area is 134 Å². The van der Waals surface area contributed by atoms with Gasteiger partial charge in [0.15, 0.2) is 11.5 Å². The summed E-state index contributed by atoms with van der Waals surface area (Å²) < 4.78 is 16.5. The van der Waals surface area contributed by atoms with Crippen LogP contribution in [-0.2, 0) is 4.74 Å². The van der Waals surface area contributed by atoms with Crippen LogP contribution in [0.5, 0.6) is 11.5 Å². The number of nitrogens with zero attached hydrogens (tertiary/aromatic N) is 2. The number of methoxy groups -OCH3 is 1. The Hall–Kier alpha value is -2.12. The fourth-order valence-electron chi connectivity index (χ4n) is 2.64. The van der Waals surface area contributed by atoms with E-state index in [4.69, 9.17) is 14.2 Å². The number of benzene rings is 1. The minimum atomic E-state index is -0.184. The van der Waals surface area contributed by atoms with E-state index in [1.54, 1.807) is 19.2 Å². The van der Waals surface area contributed by atoms with E-state index in [0.717, 1.165) is 39.3 Å². The van der Waals surface area contributed by atoms with Gasteiger partial charge < -0.3 is 19.2 Å². The molecule has 1 saturated heterocycles. The number of morpholine rings is 1. The number of aromatic amines is 1. The number of H-pyrrole nitrogens is 1. The van der Waals surface area contributed by atoms with E-state index in [-0.39, 0.29) is 5.56 Å². The van der Waals surface area contributed by atoms with Gasteiger partial charge in [-0.15, -0.1) is 0 Å². The summed E-state index contributed by atoms with van der Waals surface area (Å²) in [6, 6.07) is 3.41. The molecule has 124 valence electrons. The van der Waals surface area contributed by atoms with Gasteiger partial charge in [-0.2, -0.15) is 0 Å². The average Bonchev–Trinajstić information content (AvgIpc) is 2.59. The molecule has 0 atom stereocenters. The predicted octanol–water partition coefficient (Wildman–Crippen LogP) is 1.03. The van der Waals surface area contributed by atoms with Gasteiger partial charge in [-0.25, -0.2) is 4.98 Å². The SMILES string of the molecule is COc1cc2nc[nH]c(=O)c2cc1OCCCN1CCOCC1. The number of aromatic nitrogens is 2. The quantitative estimate of drug-likeness (QED) is 0.802. The van der Waals surface area contributed by atoms with Gasteiger partial charge in [0.1, 0.15) is 0 Å². The largest absolute Gasteiger partial charge is 0.493 e. The highest BCUT2D eigenvalue weighted by atomic mass is 16.5. The lowest BCUT2D eigenvalue weighted by Gasteiger charge is -2.26. The zero-order chi connectivity index (χ0) is 16.1. The van der Waals surface area contributed by atoms with Gasteiger partial charge in [0.2, 0.25) is 0 Å². The summed E-state index contributed by atoms with van der Waals surface area (Å²) in [5.74, 6) is 1.16. The van der Waals surface area contributed by atoms with Gasteiger partial charge in [0, 0.05) is 25.7 Å². The molecule has 1 aromatic carbocycles. The molecule has 2 aromatic rings. The molecule has 0 radical (unpaired) electrons. The van der Waals surface area contributed by atoms with E-state index in [9.17, 15) is 4.79 Å². The summed E-state index contributed by atoms with van der Waals surface area (Å²) in [4.78, 5) is 20.9. The highest BCUT2D eigenvalue weighted by Crippen LogP contribution is 2.30. The molecule has 1 aliphatic rings. The van der Waals surface area contributed by atoms with E-state index in [1.165, 1.54) is 6.33 Å². The second kappa shape index (κ2) is 7.43. The van der Waals surface area contributed by atoms with Crippen LogP contribution in [-0.4, -0.2) is 61.4 Å². The van der Waals surface area contributed by atoms with Crippen LogP contribution in [0.15, 0.2) is 23.3 Å². The number of hydrogen-bond donors (Lipinski definition) is 1. The second-order valence-electron chi connectivity index (χ2n) is 5.41. The molecule has 0 spiro atoms. The van der Waals surface area contributed by atoms with E-state index >= 15 is 0 Å². The zero-order valence-corrected chi connectivity index (χ0v) is 13.2. The molecule has 23 heavy (non-hydrogen) atoms. The Morgan fingerprint density at radius 2 is 2.13 bits per heavy atom. The smallest absolute Gasteiger partial charge is 0.258 e. The predicted molar refractivity (Wildman–Crippen MR) is 86.3 cm³/mol. The molecule has 1 aliphatic heterocycles. The molecule has 1 aromatic heterocycles. The highest BCUT2D eigenvalue weighted by molar-refractivity contribution is 5.81. The van der Waals surface area contributed by atoms with Crippen molar-refractivity contribution in [3.8, 4) is 11.5 Å². The topological polar surface area (TPSA) is 76.7 Å². The van der Waals surface area contributed by atoms with Gasteiger partial charge in [-0.3, -0.25) is 9.69 Å². The second-order valence-corrected chi connectivity index (χ2v) is 5.41. The normalized spacial score (nSPS) is 15.7. The fourth-order valence-corrected chi connectivity index (χ4v) is 2.64. The van der Waals surface area contributed by atoms with Crippen LogP contribution in [0.25, 0.3) is 10.9 Å². The van der Waals surface area contributed by atoms with Crippen LogP contribution < -0.4 is 15.0 Å². The van der Waals surface area contributed by atoms with E-state index in [1.807, 2.05) is 0 Å². The van der Waals surface area contributed by atoms with E-state index in [0.29, 0.717) is 29.0 Å². The fraction of sp³-hybridized carbons (Fsp3) is 0.500. The molecular formula is C16H21N3O4. The molecule has 1 N–H and O–H groups in total. The molecule has 2 heterocycles. The van der Waals surface area contributed by atoms with Crippen molar-refractivity contribution in [2.45, 2.75) is 6.42 Å². The first kappa shape index (κ1) is 15.8. The third kappa shape index (κ3) is 3.80. The molecule has 3 rings (SSSR count). The van der Waals surface area contributed by atoms with Crippen LogP contribution in [0.2, 0.25) is 0 Å². The molecular weight excluding hydrogens is 298 g/mol. The third-order valence-corrected chi connectivity index (χ3v) is 3.91.